The molecule has 6 heteroatoms. The van der Waals surface area contributed by atoms with Crippen LogP contribution in [0.15, 0.2) is 29.2 Å². The molecule has 0 saturated carbocycles. The van der Waals surface area contributed by atoms with Crippen LogP contribution in [0.25, 0.3) is 0 Å². The van der Waals surface area contributed by atoms with Crippen molar-refractivity contribution in [1.82, 2.24) is 4.31 Å². The van der Waals surface area contributed by atoms with Crippen molar-refractivity contribution in [2.24, 2.45) is 0 Å². The van der Waals surface area contributed by atoms with Gasteiger partial charge in [-0.2, -0.15) is 4.31 Å². The van der Waals surface area contributed by atoms with Crippen LogP contribution in [0.1, 0.15) is 25.3 Å². The smallest absolute Gasteiger partial charge is 0.322 e. The summed E-state index contributed by atoms with van der Waals surface area (Å²) in [6, 6.07) is 5.83. The first kappa shape index (κ1) is 14.0. The van der Waals surface area contributed by atoms with E-state index in [4.69, 9.17) is 5.11 Å². The van der Waals surface area contributed by atoms with Crippen LogP contribution < -0.4 is 0 Å². The van der Waals surface area contributed by atoms with Gasteiger partial charge in [0.2, 0.25) is 10.0 Å². The van der Waals surface area contributed by atoms with E-state index in [1.54, 1.807) is 24.3 Å². The Bertz CT molecular complexity index is 582. The molecule has 5 nitrogen and oxygen atoms in total. The highest BCUT2D eigenvalue weighted by molar-refractivity contribution is 7.89. The number of sulfonamides is 1. The van der Waals surface area contributed by atoms with Gasteiger partial charge in [-0.15, -0.1) is 0 Å². The van der Waals surface area contributed by atoms with Gasteiger partial charge in [-0.05, 0) is 30.9 Å². The summed E-state index contributed by atoms with van der Waals surface area (Å²) in [5.41, 5.74) is 0.721. The Labute approximate surface area is 112 Å². The standard InChI is InChI=1S/C13H17NO4S/c1-2-10-6-3-4-8-12(10)19(17,18)14-9-5-7-11(14)13(15)16/h3-4,6,8,11H,2,5,7,9H2,1H3,(H,15,16). The van der Waals surface area contributed by atoms with Crippen molar-refractivity contribution in [3.05, 3.63) is 29.8 Å². The van der Waals surface area contributed by atoms with Crippen molar-refractivity contribution in [2.45, 2.75) is 37.1 Å². The average Bonchev–Trinajstić information content (AvgIpc) is 2.88. The molecule has 1 aromatic carbocycles. The lowest BCUT2D eigenvalue weighted by molar-refractivity contribution is -0.140. The predicted molar refractivity (Wildman–Crippen MR) is 70.4 cm³/mol. The molecule has 0 bridgehead atoms. The van der Waals surface area contributed by atoms with Crippen molar-refractivity contribution < 1.29 is 18.3 Å². The fourth-order valence-corrected chi connectivity index (χ4v) is 4.40. The Morgan fingerprint density at radius 2 is 2.11 bits per heavy atom. The quantitative estimate of drug-likeness (QED) is 0.908. The maximum Gasteiger partial charge on any atom is 0.322 e. The van der Waals surface area contributed by atoms with Crippen LogP contribution in [0.5, 0.6) is 0 Å². The fraction of sp³-hybridized carbons (Fsp3) is 0.462. The van der Waals surface area contributed by atoms with Crippen molar-refractivity contribution in [2.75, 3.05) is 6.54 Å². The summed E-state index contributed by atoms with van der Waals surface area (Å²) in [5.74, 6) is -1.07. The van der Waals surface area contributed by atoms with Gasteiger partial charge in [0.25, 0.3) is 0 Å². The Hall–Kier alpha value is -1.40. The lowest BCUT2D eigenvalue weighted by Crippen LogP contribution is -2.40. The maximum atomic E-state index is 12.6. The molecule has 1 saturated heterocycles. The van der Waals surface area contributed by atoms with Gasteiger partial charge in [0.05, 0.1) is 4.90 Å². The lowest BCUT2D eigenvalue weighted by atomic mass is 10.2. The first-order chi connectivity index (χ1) is 8.98. The number of carbonyl (C=O) groups is 1. The number of aryl methyl sites for hydroxylation is 1. The van der Waals surface area contributed by atoms with Crippen molar-refractivity contribution in [3.8, 4) is 0 Å². The second-order valence-electron chi connectivity index (χ2n) is 4.57. The molecule has 1 aromatic rings. The number of carboxylic acids is 1. The van der Waals surface area contributed by atoms with Gasteiger partial charge in [-0.25, -0.2) is 8.42 Å². The van der Waals surface area contributed by atoms with Gasteiger partial charge in [0.15, 0.2) is 0 Å². The number of hydrogen-bond donors (Lipinski definition) is 1. The molecule has 1 N–H and O–H groups in total. The summed E-state index contributed by atoms with van der Waals surface area (Å²) in [6.45, 7) is 2.16. The first-order valence-corrected chi connectivity index (χ1v) is 7.75. The van der Waals surface area contributed by atoms with Crippen LogP contribution >= 0.6 is 0 Å². The monoisotopic (exact) mass is 283 g/mol. The minimum atomic E-state index is -3.72. The normalized spacial score (nSPS) is 20.6. The first-order valence-electron chi connectivity index (χ1n) is 6.31. The number of hydrogen-bond acceptors (Lipinski definition) is 3. The minimum Gasteiger partial charge on any atom is -0.480 e. The van der Waals surface area contributed by atoms with E-state index in [1.165, 1.54) is 0 Å². The number of carboxylic acid groups (broad SMARTS) is 1. The molecule has 1 fully saturated rings. The molecule has 0 amide bonds. The lowest BCUT2D eigenvalue weighted by Gasteiger charge is -2.22. The zero-order chi connectivity index (χ0) is 14.0. The number of benzene rings is 1. The third-order valence-electron chi connectivity index (χ3n) is 3.43. The molecular formula is C13H17NO4S. The minimum absolute atomic E-state index is 0.227. The van der Waals surface area contributed by atoms with Crippen LogP contribution in [0.3, 0.4) is 0 Å². The van der Waals surface area contributed by atoms with E-state index in [-0.39, 0.29) is 11.4 Å². The van der Waals surface area contributed by atoms with Gasteiger partial charge in [0, 0.05) is 6.54 Å². The zero-order valence-corrected chi connectivity index (χ0v) is 11.6. The topological polar surface area (TPSA) is 74.7 Å². The van der Waals surface area contributed by atoms with Gasteiger partial charge < -0.3 is 5.11 Å². The summed E-state index contributed by atoms with van der Waals surface area (Å²) in [7, 11) is -3.72. The Morgan fingerprint density at radius 3 is 2.74 bits per heavy atom. The average molecular weight is 283 g/mol. The fourth-order valence-electron chi connectivity index (χ4n) is 2.45. The Balaban J connectivity index is 2.45. The van der Waals surface area contributed by atoms with Gasteiger partial charge in [-0.1, -0.05) is 25.1 Å². The molecule has 1 unspecified atom stereocenters. The SMILES string of the molecule is CCc1ccccc1S(=O)(=O)N1CCCC1C(=O)O. The Kier molecular flexibility index (Phi) is 3.91. The van der Waals surface area contributed by atoms with E-state index in [9.17, 15) is 13.2 Å². The molecule has 19 heavy (non-hydrogen) atoms. The third kappa shape index (κ3) is 2.50. The van der Waals surface area contributed by atoms with E-state index < -0.39 is 22.0 Å². The molecule has 0 aromatic heterocycles. The summed E-state index contributed by atoms with van der Waals surface area (Å²) in [6.07, 6.45) is 1.56. The predicted octanol–water partition coefficient (Wildman–Crippen LogP) is 1.49. The van der Waals surface area contributed by atoms with Crippen molar-refractivity contribution in [3.63, 3.8) is 0 Å². The molecule has 0 radical (unpaired) electrons. The molecule has 104 valence electrons. The van der Waals surface area contributed by atoms with Crippen LogP contribution in [-0.4, -0.2) is 36.4 Å². The molecule has 1 aliphatic heterocycles. The van der Waals surface area contributed by atoms with Crippen LogP contribution in [0.2, 0.25) is 0 Å². The molecular weight excluding hydrogens is 266 g/mol. The zero-order valence-electron chi connectivity index (χ0n) is 10.7. The molecule has 2 rings (SSSR count). The third-order valence-corrected chi connectivity index (χ3v) is 5.44. The van der Waals surface area contributed by atoms with Crippen molar-refractivity contribution >= 4 is 16.0 Å². The summed E-state index contributed by atoms with van der Waals surface area (Å²) >= 11 is 0. The molecule has 1 heterocycles. The van der Waals surface area contributed by atoms with E-state index in [1.807, 2.05) is 6.92 Å². The largest absolute Gasteiger partial charge is 0.480 e. The van der Waals surface area contributed by atoms with E-state index in [0.29, 0.717) is 19.3 Å². The van der Waals surface area contributed by atoms with Crippen LogP contribution in [-0.2, 0) is 21.2 Å². The molecule has 1 atom stereocenters. The highest BCUT2D eigenvalue weighted by Gasteiger charge is 2.39. The summed E-state index contributed by atoms with van der Waals surface area (Å²) < 4.78 is 26.3. The maximum absolute atomic E-state index is 12.6. The highest BCUT2D eigenvalue weighted by atomic mass is 32.2. The molecule has 0 spiro atoms. The van der Waals surface area contributed by atoms with Gasteiger partial charge in [0.1, 0.15) is 6.04 Å². The van der Waals surface area contributed by atoms with Crippen molar-refractivity contribution in [1.29, 1.82) is 0 Å². The van der Waals surface area contributed by atoms with E-state index in [0.717, 1.165) is 9.87 Å². The highest BCUT2D eigenvalue weighted by Crippen LogP contribution is 2.28. The van der Waals surface area contributed by atoms with Gasteiger partial charge in [-0.3, -0.25) is 4.79 Å². The number of aliphatic carboxylic acids is 1. The van der Waals surface area contributed by atoms with E-state index in [2.05, 4.69) is 0 Å². The van der Waals surface area contributed by atoms with Crippen LogP contribution in [0, 0.1) is 0 Å². The van der Waals surface area contributed by atoms with E-state index >= 15 is 0 Å². The molecule has 1 aliphatic rings. The molecule has 0 aliphatic carbocycles. The van der Waals surface area contributed by atoms with Crippen LogP contribution in [0.4, 0.5) is 0 Å². The summed E-state index contributed by atoms with van der Waals surface area (Å²) in [4.78, 5) is 11.4. The number of rotatable bonds is 4. The second-order valence-corrected chi connectivity index (χ2v) is 6.43. The van der Waals surface area contributed by atoms with Gasteiger partial charge >= 0.3 is 5.97 Å². The second kappa shape index (κ2) is 5.30. The number of nitrogens with zero attached hydrogens (tertiary/aromatic N) is 1. The summed E-state index contributed by atoms with van der Waals surface area (Å²) in [5, 5.41) is 9.11. The Morgan fingerprint density at radius 1 is 1.42 bits per heavy atom.